The van der Waals surface area contributed by atoms with Crippen molar-refractivity contribution < 1.29 is 13.2 Å². The average molecular weight is 379 g/mol. The number of sulfone groups is 1. The van der Waals surface area contributed by atoms with Gasteiger partial charge in [0.15, 0.2) is 9.84 Å². The fourth-order valence-corrected chi connectivity index (χ4v) is 4.28. The largest absolute Gasteiger partial charge is 0.326 e. The molecule has 8 heteroatoms. The normalized spacial score (nSPS) is 11.4. The van der Waals surface area contributed by atoms with Crippen molar-refractivity contribution in [3.05, 3.63) is 52.2 Å². The molecule has 5 nitrogen and oxygen atoms in total. The van der Waals surface area contributed by atoms with Gasteiger partial charge in [0.2, 0.25) is 5.91 Å². The van der Waals surface area contributed by atoms with Crippen molar-refractivity contribution in [3.8, 4) is 10.6 Å². The molecule has 0 saturated heterocycles. The molecule has 0 atom stereocenters. The SMILES string of the molecule is CS(=O)(=O)c1cccc(NC(=O)Cc2csc(-c3ccsc3)n2)c1. The molecule has 0 unspecified atom stereocenters. The second kappa shape index (κ2) is 6.84. The number of carbonyl (C=O) groups is 1. The van der Waals surface area contributed by atoms with Crippen LogP contribution in [0.2, 0.25) is 0 Å². The summed E-state index contributed by atoms with van der Waals surface area (Å²) in [5.41, 5.74) is 2.20. The van der Waals surface area contributed by atoms with Gasteiger partial charge in [0.1, 0.15) is 5.01 Å². The van der Waals surface area contributed by atoms with E-state index in [0.29, 0.717) is 11.4 Å². The number of nitrogens with one attached hydrogen (secondary N) is 1. The highest BCUT2D eigenvalue weighted by molar-refractivity contribution is 7.90. The molecule has 3 rings (SSSR count). The molecule has 0 saturated carbocycles. The Bertz CT molecular complexity index is 960. The zero-order chi connectivity index (χ0) is 17.2. The third-order valence-electron chi connectivity index (χ3n) is 3.21. The van der Waals surface area contributed by atoms with E-state index in [2.05, 4.69) is 10.3 Å². The molecule has 2 aromatic heterocycles. The van der Waals surface area contributed by atoms with Crippen LogP contribution >= 0.6 is 22.7 Å². The molecule has 0 aliphatic heterocycles. The van der Waals surface area contributed by atoms with Crippen LogP contribution in [-0.4, -0.2) is 25.6 Å². The number of hydrogen-bond acceptors (Lipinski definition) is 6. The first-order valence-corrected chi connectivity index (χ1v) is 10.7. The summed E-state index contributed by atoms with van der Waals surface area (Å²) in [5, 5.41) is 9.46. The Balaban J connectivity index is 1.68. The third kappa shape index (κ3) is 4.08. The molecular formula is C16H14N2O3S3. The second-order valence-corrected chi connectivity index (χ2v) is 8.83. The van der Waals surface area contributed by atoms with Crippen molar-refractivity contribution in [2.24, 2.45) is 0 Å². The van der Waals surface area contributed by atoms with Crippen LogP contribution in [0.15, 0.2) is 51.4 Å². The van der Waals surface area contributed by atoms with Crippen LogP contribution in [-0.2, 0) is 21.1 Å². The molecule has 0 bridgehead atoms. The van der Waals surface area contributed by atoms with E-state index in [-0.39, 0.29) is 17.2 Å². The summed E-state index contributed by atoms with van der Waals surface area (Å²) in [6.45, 7) is 0. The summed E-state index contributed by atoms with van der Waals surface area (Å²) in [7, 11) is -3.30. The number of amides is 1. The topological polar surface area (TPSA) is 76.1 Å². The summed E-state index contributed by atoms with van der Waals surface area (Å²) in [5.74, 6) is -0.234. The second-order valence-electron chi connectivity index (χ2n) is 5.18. The number of nitrogens with zero attached hydrogens (tertiary/aromatic N) is 1. The van der Waals surface area contributed by atoms with Crippen LogP contribution in [0.3, 0.4) is 0 Å². The van der Waals surface area contributed by atoms with Crippen molar-refractivity contribution in [2.75, 3.05) is 11.6 Å². The number of aromatic nitrogens is 1. The maximum absolute atomic E-state index is 12.1. The highest BCUT2D eigenvalue weighted by atomic mass is 32.2. The van der Waals surface area contributed by atoms with Crippen molar-refractivity contribution in [3.63, 3.8) is 0 Å². The van der Waals surface area contributed by atoms with Crippen molar-refractivity contribution in [1.29, 1.82) is 0 Å². The van der Waals surface area contributed by atoms with Gasteiger partial charge < -0.3 is 5.32 Å². The summed E-state index contributed by atoms with van der Waals surface area (Å²) >= 11 is 3.10. The lowest BCUT2D eigenvalue weighted by Crippen LogP contribution is -2.15. The predicted octanol–water partition coefficient (Wildman–Crippen LogP) is 3.46. The van der Waals surface area contributed by atoms with Gasteiger partial charge in [-0.05, 0) is 29.6 Å². The molecular weight excluding hydrogens is 364 g/mol. The number of thiophene rings is 1. The van der Waals surface area contributed by atoms with Crippen LogP contribution in [0.25, 0.3) is 10.6 Å². The summed E-state index contributed by atoms with van der Waals surface area (Å²) < 4.78 is 23.1. The Kier molecular flexibility index (Phi) is 4.79. The highest BCUT2D eigenvalue weighted by Gasteiger charge is 2.11. The molecule has 1 aromatic carbocycles. The van der Waals surface area contributed by atoms with Crippen molar-refractivity contribution >= 4 is 44.1 Å². The lowest BCUT2D eigenvalue weighted by atomic mass is 10.3. The predicted molar refractivity (Wildman–Crippen MR) is 97.3 cm³/mol. The first-order valence-electron chi connectivity index (χ1n) is 6.99. The Morgan fingerprint density at radius 1 is 1.25 bits per heavy atom. The number of rotatable bonds is 5. The van der Waals surface area contributed by atoms with E-state index in [0.717, 1.165) is 16.8 Å². The lowest BCUT2D eigenvalue weighted by Gasteiger charge is -2.06. The first kappa shape index (κ1) is 16.8. The number of benzene rings is 1. The fraction of sp³-hybridized carbons (Fsp3) is 0.125. The number of thiazole rings is 1. The van der Waals surface area contributed by atoms with Crippen LogP contribution < -0.4 is 5.32 Å². The molecule has 0 spiro atoms. The van der Waals surface area contributed by atoms with E-state index in [9.17, 15) is 13.2 Å². The smallest absolute Gasteiger partial charge is 0.230 e. The van der Waals surface area contributed by atoms with Crippen LogP contribution in [0, 0.1) is 0 Å². The van der Waals surface area contributed by atoms with E-state index in [1.165, 1.54) is 23.5 Å². The highest BCUT2D eigenvalue weighted by Crippen LogP contribution is 2.26. The standard InChI is InChI=1S/C16H14N2O3S3/c1-24(20,21)14-4-2-3-12(7-14)17-15(19)8-13-10-23-16(18-13)11-5-6-22-9-11/h2-7,9-10H,8H2,1H3,(H,17,19). The van der Waals surface area contributed by atoms with Gasteiger partial charge in [0.25, 0.3) is 0 Å². The van der Waals surface area contributed by atoms with Gasteiger partial charge in [0, 0.05) is 28.3 Å². The number of anilines is 1. The van der Waals surface area contributed by atoms with Gasteiger partial charge in [-0.15, -0.1) is 11.3 Å². The van der Waals surface area contributed by atoms with E-state index >= 15 is 0 Å². The summed E-state index contributed by atoms with van der Waals surface area (Å²) in [6, 6.07) is 8.20. The summed E-state index contributed by atoms with van der Waals surface area (Å²) in [6.07, 6.45) is 1.28. The monoisotopic (exact) mass is 378 g/mol. The third-order valence-corrected chi connectivity index (χ3v) is 5.94. The maximum atomic E-state index is 12.1. The summed E-state index contributed by atoms with van der Waals surface area (Å²) in [4.78, 5) is 16.8. The Morgan fingerprint density at radius 3 is 2.79 bits per heavy atom. The van der Waals surface area contributed by atoms with E-state index in [1.54, 1.807) is 23.5 Å². The molecule has 0 aliphatic carbocycles. The fourth-order valence-electron chi connectivity index (χ4n) is 2.08. The van der Waals surface area contributed by atoms with Gasteiger partial charge in [-0.25, -0.2) is 13.4 Å². The quantitative estimate of drug-likeness (QED) is 0.738. The Hall–Kier alpha value is -2.03. The van der Waals surface area contributed by atoms with E-state index in [1.807, 2.05) is 22.2 Å². The first-order chi connectivity index (χ1) is 11.4. The minimum Gasteiger partial charge on any atom is -0.326 e. The molecule has 124 valence electrons. The average Bonchev–Trinajstić information content (AvgIpc) is 3.17. The molecule has 2 heterocycles. The molecule has 1 N–H and O–H groups in total. The number of hydrogen-bond donors (Lipinski definition) is 1. The van der Waals surface area contributed by atoms with Crippen LogP contribution in [0.5, 0.6) is 0 Å². The van der Waals surface area contributed by atoms with Crippen LogP contribution in [0.1, 0.15) is 5.69 Å². The number of carbonyl (C=O) groups excluding carboxylic acids is 1. The zero-order valence-electron chi connectivity index (χ0n) is 12.7. The Morgan fingerprint density at radius 2 is 2.08 bits per heavy atom. The van der Waals surface area contributed by atoms with Crippen molar-refractivity contribution in [1.82, 2.24) is 4.98 Å². The lowest BCUT2D eigenvalue weighted by molar-refractivity contribution is -0.115. The Labute approximate surface area is 147 Å². The van der Waals surface area contributed by atoms with Crippen LogP contribution in [0.4, 0.5) is 5.69 Å². The van der Waals surface area contributed by atoms with Crippen molar-refractivity contribution in [2.45, 2.75) is 11.3 Å². The van der Waals surface area contributed by atoms with Gasteiger partial charge in [-0.3, -0.25) is 4.79 Å². The molecule has 0 aliphatic rings. The van der Waals surface area contributed by atoms with Gasteiger partial charge in [-0.2, -0.15) is 11.3 Å². The molecule has 1 amide bonds. The molecule has 0 radical (unpaired) electrons. The van der Waals surface area contributed by atoms with E-state index in [4.69, 9.17) is 0 Å². The minimum absolute atomic E-state index is 0.143. The molecule has 0 fully saturated rings. The minimum atomic E-state index is -3.30. The molecule has 3 aromatic rings. The van der Waals surface area contributed by atoms with Gasteiger partial charge in [-0.1, -0.05) is 6.07 Å². The van der Waals surface area contributed by atoms with E-state index < -0.39 is 9.84 Å². The zero-order valence-corrected chi connectivity index (χ0v) is 15.2. The van der Waals surface area contributed by atoms with Gasteiger partial charge >= 0.3 is 0 Å². The van der Waals surface area contributed by atoms with Gasteiger partial charge in [0.05, 0.1) is 17.0 Å². The molecule has 24 heavy (non-hydrogen) atoms. The maximum Gasteiger partial charge on any atom is 0.230 e.